The minimum atomic E-state index is -5.77. The summed E-state index contributed by atoms with van der Waals surface area (Å²) in [5, 5.41) is 14.4. The minimum absolute atomic E-state index is 0.177. The molecule has 0 atom stereocenters. The van der Waals surface area contributed by atoms with Crippen molar-refractivity contribution < 1.29 is 70.7 Å². The molecule has 0 fully saturated rings. The molecule has 19 heteroatoms. The van der Waals surface area contributed by atoms with Crippen molar-refractivity contribution in [2.24, 2.45) is 0 Å². The molecular formula is C9F15IN2O. The van der Waals surface area contributed by atoms with Gasteiger partial charge < -0.3 is 0 Å². The Bertz CT molecular complexity index is 567. The first-order valence-corrected chi connectivity index (χ1v) is 6.25. The number of rotatable bonds is 1. The Morgan fingerprint density at radius 1 is 0.571 bits per heavy atom. The van der Waals surface area contributed by atoms with Gasteiger partial charge in [-0.15, -0.1) is 0 Å². The second-order valence-corrected chi connectivity index (χ2v) is 4.69. The van der Waals surface area contributed by atoms with E-state index in [0.717, 1.165) is 0 Å². The van der Waals surface area contributed by atoms with Gasteiger partial charge in [0, 0.05) is 22.6 Å². The van der Waals surface area contributed by atoms with E-state index in [0.29, 0.717) is 22.6 Å². The molecule has 0 aliphatic carbocycles. The lowest BCUT2D eigenvalue weighted by Crippen LogP contribution is -2.41. The number of nitriles is 2. The molecule has 0 spiro atoms. The number of hydrogen-bond donors (Lipinski definition) is 0. The molecule has 0 saturated heterocycles. The van der Waals surface area contributed by atoms with Crippen molar-refractivity contribution >= 4 is 26.4 Å². The van der Waals surface area contributed by atoms with E-state index >= 15 is 0 Å². The summed E-state index contributed by atoms with van der Waals surface area (Å²) in [6.07, 6.45) is -17.3. The summed E-state index contributed by atoms with van der Waals surface area (Å²) < 4.78 is 164. The average Bonchev–Trinajstić information content (AvgIpc) is 2.44. The van der Waals surface area contributed by atoms with E-state index in [4.69, 9.17) is 10.5 Å². The summed E-state index contributed by atoms with van der Waals surface area (Å²) in [5.74, 6) is -15.6. The zero-order valence-electron chi connectivity index (χ0n) is 11.9. The van der Waals surface area contributed by atoms with E-state index in [2.05, 4.69) is 0 Å². The fourth-order valence-corrected chi connectivity index (χ4v) is 0.544. The largest absolute Gasteiger partial charge is 0.468 e. The molecule has 164 valence electrons. The molecule has 0 rings (SSSR count). The first-order valence-electron chi connectivity index (χ1n) is 5.18. The third-order valence-electron chi connectivity index (χ3n) is 1.60. The van der Waals surface area contributed by atoms with Gasteiger partial charge in [0.2, 0.25) is 0 Å². The van der Waals surface area contributed by atoms with Crippen LogP contribution < -0.4 is 0 Å². The lowest BCUT2D eigenvalue weighted by atomic mass is 10.4. The fraction of sp³-hybridized carbons (Fsp3) is 0.667. The van der Waals surface area contributed by atoms with Crippen molar-refractivity contribution in [2.75, 3.05) is 0 Å². The Morgan fingerprint density at radius 3 is 0.786 bits per heavy atom. The smallest absolute Gasteiger partial charge is 0.281 e. The van der Waals surface area contributed by atoms with Gasteiger partial charge in [-0.2, -0.15) is 76.4 Å². The Morgan fingerprint density at radius 2 is 0.786 bits per heavy atom. The van der Waals surface area contributed by atoms with Gasteiger partial charge in [-0.1, -0.05) is 0 Å². The molecular weight excluding hydrogens is 564 g/mol. The summed E-state index contributed by atoms with van der Waals surface area (Å²) in [7, 11) is 0. The van der Waals surface area contributed by atoms with E-state index in [1.165, 1.54) is 0 Å². The molecule has 0 unspecified atom stereocenters. The van der Waals surface area contributed by atoms with Crippen LogP contribution in [0.25, 0.3) is 0 Å². The van der Waals surface area contributed by atoms with Crippen LogP contribution in [0.2, 0.25) is 0 Å². The number of alkyl halides is 15. The van der Waals surface area contributed by atoms with E-state index in [1.807, 2.05) is 0 Å². The van der Waals surface area contributed by atoms with Crippen LogP contribution in [0.1, 0.15) is 0 Å². The van der Waals surface area contributed by atoms with Crippen LogP contribution in [0.15, 0.2) is 0 Å². The van der Waals surface area contributed by atoms with Gasteiger partial charge in [0.1, 0.15) is 12.1 Å². The first kappa shape index (κ1) is 31.0. The highest BCUT2D eigenvalue weighted by Gasteiger charge is 2.62. The highest BCUT2D eigenvalue weighted by molar-refractivity contribution is 14.1. The zero-order chi connectivity index (χ0) is 24.0. The van der Waals surface area contributed by atoms with Crippen LogP contribution in [0.3, 0.4) is 0 Å². The van der Waals surface area contributed by atoms with Gasteiger partial charge in [0.15, 0.2) is 0 Å². The van der Waals surface area contributed by atoms with E-state index in [1.54, 1.807) is 0 Å². The van der Waals surface area contributed by atoms with Gasteiger partial charge in [-0.05, 0) is 0 Å². The molecule has 0 bridgehead atoms. The van der Waals surface area contributed by atoms with E-state index in [-0.39, 0.29) is 12.1 Å². The summed E-state index contributed by atoms with van der Waals surface area (Å²) in [4.78, 5) is 9.63. The van der Waals surface area contributed by atoms with Crippen molar-refractivity contribution in [3.63, 3.8) is 0 Å². The highest BCUT2D eigenvalue weighted by atomic mass is 127. The maximum Gasteiger partial charge on any atom is 0.468 e. The lowest BCUT2D eigenvalue weighted by Gasteiger charge is -2.14. The number of carbonyl (C=O) groups is 1. The van der Waals surface area contributed by atoms with Gasteiger partial charge >= 0.3 is 36.3 Å². The molecule has 0 aliphatic rings. The lowest BCUT2D eigenvalue weighted by molar-refractivity contribution is -0.263. The molecule has 0 N–H and O–H groups in total. The van der Waals surface area contributed by atoms with Gasteiger partial charge in [-0.3, -0.25) is 4.79 Å². The molecule has 28 heavy (non-hydrogen) atoms. The SMILES string of the molecule is N#CC(F)(F)C(F)(F)F.N#CC(F)(F)C(F)(F)F.O=C(I)C(F)(F)C(F)(F)F. The van der Waals surface area contributed by atoms with Gasteiger partial charge in [0.05, 0.1) is 0 Å². The third kappa shape index (κ3) is 9.50. The van der Waals surface area contributed by atoms with Crippen LogP contribution in [0, 0.1) is 22.7 Å². The Kier molecular flexibility index (Phi) is 10.7. The van der Waals surface area contributed by atoms with Crippen LogP contribution in [0.4, 0.5) is 65.9 Å². The molecule has 0 heterocycles. The van der Waals surface area contributed by atoms with Gasteiger partial charge in [-0.25, -0.2) is 0 Å². The molecule has 0 aromatic rings. The quantitative estimate of drug-likeness (QED) is 0.238. The summed E-state index contributed by atoms with van der Waals surface area (Å²) in [6, 6.07) is -0.354. The van der Waals surface area contributed by atoms with Crippen molar-refractivity contribution in [1.82, 2.24) is 0 Å². The van der Waals surface area contributed by atoms with Gasteiger partial charge in [0.25, 0.3) is 3.79 Å². The maximum atomic E-state index is 11.6. The fourth-order valence-electron chi connectivity index (χ4n) is 0.238. The predicted molar refractivity (Wildman–Crippen MR) is 63.3 cm³/mol. The first-order chi connectivity index (χ1) is 11.8. The van der Waals surface area contributed by atoms with Crippen molar-refractivity contribution in [3.05, 3.63) is 0 Å². The van der Waals surface area contributed by atoms with E-state index < -0.39 is 40.1 Å². The van der Waals surface area contributed by atoms with E-state index in [9.17, 15) is 70.7 Å². The second-order valence-electron chi connectivity index (χ2n) is 3.71. The van der Waals surface area contributed by atoms with Crippen molar-refractivity contribution in [3.8, 4) is 12.1 Å². The summed E-state index contributed by atoms with van der Waals surface area (Å²) >= 11 is 0.402. The molecule has 0 aromatic heterocycles. The van der Waals surface area contributed by atoms with Crippen LogP contribution in [-0.4, -0.2) is 40.1 Å². The predicted octanol–water partition coefficient (Wildman–Crippen LogP) is 5.56. The molecule has 0 saturated carbocycles. The molecule has 0 amide bonds. The Labute approximate surface area is 156 Å². The average molecular weight is 564 g/mol. The van der Waals surface area contributed by atoms with Crippen LogP contribution in [-0.2, 0) is 4.79 Å². The standard InChI is InChI=1S/C3F5IO.2C3F5N/c4-2(5,1(9)10)3(6,7)8;2*4-2(5,1-9)3(6,7)8. The zero-order valence-corrected chi connectivity index (χ0v) is 14.0. The minimum Gasteiger partial charge on any atom is -0.281 e. The third-order valence-corrected chi connectivity index (χ3v) is 2.27. The number of carbonyl (C=O) groups excluding carboxylic acids is 1. The summed E-state index contributed by atoms with van der Waals surface area (Å²) in [5.41, 5.74) is 0. The topological polar surface area (TPSA) is 64.7 Å². The summed E-state index contributed by atoms with van der Waals surface area (Å²) in [6.45, 7) is 0. The monoisotopic (exact) mass is 564 g/mol. The number of halogens is 16. The number of hydrogen-bond acceptors (Lipinski definition) is 3. The molecule has 0 aliphatic heterocycles. The molecule has 0 aromatic carbocycles. The number of nitrogens with zero attached hydrogens (tertiary/aromatic N) is 2. The molecule has 3 nitrogen and oxygen atoms in total. The van der Waals surface area contributed by atoms with Crippen molar-refractivity contribution in [2.45, 2.75) is 36.3 Å². The highest BCUT2D eigenvalue weighted by Crippen LogP contribution is 2.37. The van der Waals surface area contributed by atoms with Crippen molar-refractivity contribution in [1.29, 1.82) is 10.5 Å². The Hall–Kier alpha value is -1.67. The second kappa shape index (κ2) is 9.69. The van der Waals surface area contributed by atoms with Crippen LogP contribution >= 0.6 is 22.6 Å². The Balaban J connectivity index is -0.000000336. The molecule has 0 radical (unpaired) electrons. The maximum absolute atomic E-state index is 11.6. The normalized spacial score (nSPS) is 13.1. The van der Waals surface area contributed by atoms with Crippen LogP contribution in [0.5, 0.6) is 0 Å².